The van der Waals surface area contributed by atoms with Gasteiger partial charge in [-0.15, -0.1) is 0 Å². The fourth-order valence-corrected chi connectivity index (χ4v) is 6.16. The summed E-state index contributed by atoms with van der Waals surface area (Å²) in [6, 6.07) is 9.92. The van der Waals surface area contributed by atoms with Crippen molar-refractivity contribution in [2.24, 2.45) is 5.92 Å². The van der Waals surface area contributed by atoms with E-state index in [0.717, 1.165) is 43.1 Å². The number of aromatic nitrogens is 7. The van der Waals surface area contributed by atoms with Crippen molar-refractivity contribution >= 4 is 43.8 Å². The fourth-order valence-electron chi connectivity index (χ4n) is 5.73. The Kier molecular flexibility index (Phi) is 7.30. The maximum absolute atomic E-state index is 14.6. The van der Waals surface area contributed by atoms with Gasteiger partial charge in [-0.05, 0) is 60.4 Å². The van der Waals surface area contributed by atoms with Crippen LogP contribution in [0.4, 0.5) is 10.1 Å². The molecule has 6 aromatic rings. The highest BCUT2D eigenvalue weighted by molar-refractivity contribution is 7.88. The summed E-state index contributed by atoms with van der Waals surface area (Å²) in [5.41, 5.74) is 5.87. The number of anilines is 1. The van der Waals surface area contributed by atoms with Gasteiger partial charge in [0.15, 0.2) is 17.1 Å². The summed E-state index contributed by atoms with van der Waals surface area (Å²) in [7, 11) is -3.45. The molecular formula is C31H28FN9O3S. The van der Waals surface area contributed by atoms with E-state index in [1.54, 1.807) is 36.9 Å². The predicted molar refractivity (Wildman–Crippen MR) is 168 cm³/mol. The smallest absolute Gasteiger partial charge is 0.227 e. The maximum atomic E-state index is 14.6. The lowest BCUT2D eigenvalue weighted by Gasteiger charge is -2.11. The second kappa shape index (κ2) is 11.4. The number of halogens is 1. The predicted octanol–water partition coefficient (Wildman–Crippen LogP) is 4.94. The molecule has 4 N–H and O–H groups in total. The zero-order chi connectivity index (χ0) is 31.1. The minimum absolute atomic E-state index is 0.0232. The Bertz CT molecular complexity index is 2190. The molecule has 7 rings (SSSR count). The molecule has 14 heteroatoms. The van der Waals surface area contributed by atoms with Gasteiger partial charge >= 0.3 is 0 Å². The SMILES string of the molecule is CS(=O)(=O)NCc1cc(F)cc(-c2ccnc3nc(-c4[nH]nc5ncc(-c6cncc(NC(=O)C7CCCC7)c6)cc45)[nH]c23)c1. The molecule has 45 heavy (non-hydrogen) atoms. The van der Waals surface area contributed by atoms with Crippen molar-refractivity contribution in [3.8, 4) is 33.8 Å². The Labute approximate surface area is 257 Å². The largest absolute Gasteiger partial charge is 0.335 e. The van der Waals surface area contributed by atoms with Crippen LogP contribution in [0.5, 0.6) is 0 Å². The quantitative estimate of drug-likeness (QED) is 0.184. The lowest BCUT2D eigenvalue weighted by molar-refractivity contribution is -0.119. The number of carbonyl (C=O) groups excluding carboxylic acids is 1. The van der Waals surface area contributed by atoms with Gasteiger partial charge in [0, 0.05) is 47.7 Å². The third-order valence-corrected chi connectivity index (χ3v) is 8.58. The molecular weight excluding hydrogens is 597 g/mol. The normalized spacial score (nSPS) is 14.0. The number of benzene rings is 1. The van der Waals surface area contributed by atoms with Crippen molar-refractivity contribution in [2.75, 3.05) is 11.6 Å². The molecule has 0 unspecified atom stereocenters. The van der Waals surface area contributed by atoms with E-state index in [1.165, 1.54) is 12.1 Å². The summed E-state index contributed by atoms with van der Waals surface area (Å²) in [6.45, 7) is -0.0488. The first-order valence-electron chi connectivity index (χ1n) is 14.4. The topological polar surface area (TPSA) is 171 Å². The average molecular weight is 626 g/mol. The highest BCUT2D eigenvalue weighted by Gasteiger charge is 2.23. The molecule has 0 saturated heterocycles. The van der Waals surface area contributed by atoms with Crippen LogP contribution in [0.1, 0.15) is 31.2 Å². The second-order valence-electron chi connectivity index (χ2n) is 11.2. The van der Waals surface area contributed by atoms with Crippen LogP contribution in [0, 0.1) is 11.7 Å². The number of H-pyrrole nitrogens is 2. The molecule has 5 aromatic heterocycles. The van der Waals surface area contributed by atoms with Gasteiger partial charge in [0.25, 0.3) is 0 Å². The van der Waals surface area contributed by atoms with Gasteiger partial charge in [0.05, 0.1) is 29.0 Å². The van der Waals surface area contributed by atoms with Crippen molar-refractivity contribution < 1.29 is 17.6 Å². The molecule has 0 bridgehead atoms. The summed E-state index contributed by atoms with van der Waals surface area (Å²) in [5, 5.41) is 11.1. The first kappa shape index (κ1) is 28.7. The van der Waals surface area contributed by atoms with Crippen molar-refractivity contribution in [1.29, 1.82) is 0 Å². The Morgan fingerprint density at radius 1 is 1.00 bits per heavy atom. The molecule has 228 valence electrons. The van der Waals surface area contributed by atoms with E-state index < -0.39 is 15.8 Å². The van der Waals surface area contributed by atoms with E-state index >= 15 is 0 Å². The highest BCUT2D eigenvalue weighted by Crippen LogP contribution is 2.33. The van der Waals surface area contributed by atoms with E-state index in [4.69, 9.17) is 0 Å². The van der Waals surface area contributed by atoms with Crippen molar-refractivity contribution in [1.82, 2.24) is 39.8 Å². The van der Waals surface area contributed by atoms with Crippen LogP contribution in [0.15, 0.2) is 61.2 Å². The zero-order valence-electron chi connectivity index (χ0n) is 24.1. The molecule has 1 fully saturated rings. The van der Waals surface area contributed by atoms with Crippen molar-refractivity contribution in [2.45, 2.75) is 32.2 Å². The van der Waals surface area contributed by atoms with E-state index in [2.05, 4.69) is 45.2 Å². The number of sulfonamides is 1. The number of hydrogen-bond acceptors (Lipinski definition) is 8. The summed E-state index contributed by atoms with van der Waals surface area (Å²) < 4.78 is 40.1. The lowest BCUT2D eigenvalue weighted by atomic mass is 10.0. The van der Waals surface area contributed by atoms with Gasteiger partial charge in [0.2, 0.25) is 15.9 Å². The number of imidazole rings is 1. The number of aromatic amines is 2. The minimum atomic E-state index is -3.45. The molecule has 5 heterocycles. The third-order valence-electron chi connectivity index (χ3n) is 7.91. The fraction of sp³-hybridized carbons (Fsp3) is 0.226. The van der Waals surface area contributed by atoms with E-state index in [9.17, 15) is 17.6 Å². The van der Waals surface area contributed by atoms with Gasteiger partial charge in [-0.2, -0.15) is 5.10 Å². The molecule has 1 aliphatic carbocycles. The number of rotatable bonds is 8. The van der Waals surface area contributed by atoms with Crippen LogP contribution in [-0.2, 0) is 21.4 Å². The molecule has 0 aliphatic heterocycles. The number of amides is 1. The lowest BCUT2D eigenvalue weighted by Crippen LogP contribution is -2.21. The van der Waals surface area contributed by atoms with Gasteiger partial charge in [-0.3, -0.25) is 14.9 Å². The van der Waals surface area contributed by atoms with Gasteiger partial charge in [-0.1, -0.05) is 12.8 Å². The van der Waals surface area contributed by atoms with Crippen molar-refractivity contribution in [3.05, 3.63) is 72.6 Å². The average Bonchev–Trinajstić information content (AvgIpc) is 3.79. The van der Waals surface area contributed by atoms with Gasteiger partial charge in [-0.25, -0.2) is 32.5 Å². The summed E-state index contributed by atoms with van der Waals surface area (Å²) in [6.07, 6.45) is 11.7. The number of hydrogen-bond donors (Lipinski definition) is 4. The minimum Gasteiger partial charge on any atom is -0.335 e. The third kappa shape index (κ3) is 6.01. The van der Waals surface area contributed by atoms with Crippen LogP contribution in [0.3, 0.4) is 0 Å². The first-order chi connectivity index (χ1) is 21.7. The Morgan fingerprint density at radius 3 is 2.64 bits per heavy atom. The van der Waals surface area contributed by atoms with E-state index in [1.807, 2.05) is 12.1 Å². The van der Waals surface area contributed by atoms with E-state index in [-0.39, 0.29) is 18.4 Å². The summed E-state index contributed by atoms with van der Waals surface area (Å²) in [5.74, 6) is 0.0173. The molecule has 0 atom stereocenters. The molecule has 1 aliphatic rings. The Balaban J connectivity index is 1.22. The molecule has 1 amide bonds. The number of nitrogens with zero attached hydrogens (tertiary/aromatic N) is 5. The molecule has 12 nitrogen and oxygen atoms in total. The van der Waals surface area contributed by atoms with Crippen molar-refractivity contribution in [3.63, 3.8) is 0 Å². The Hall–Kier alpha value is -5.08. The maximum Gasteiger partial charge on any atom is 0.227 e. The summed E-state index contributed by atoms with van der Waals surface area (Å²) in [4.78, 5) is 33.9. The van der Waals surface area contributed by atoms with E-state index in [0.29, 0.717) is 56.1 Å². The van der Waals surface area contributed by atoms with Crippen LogP contribution in [0.2, 0.25) is 0 Å². The summed E-state index contributed by atoms with van der Waals surface area (Å²) >= 11 is 0. The second-order valence-corrected chi connectivity index (χ2v) is 13.0. The van der Waals surface area contributed by atoms with Gasteiger partial charge in [0.1, 0.15) is 11.5 Å². The number of carbonyl (C=O) groups is 1. The van der Waals surface area contributed by atoms with Crippen LogP contribution in [0.25, 0.3) is 56.0 Å². The highest BCUT2D eigenvalue weighted by atomic mass is 32.2. The standard InChI is InChI=1S/C31H28FN9O3S/c1-45(43,44)36-13-17-8-19(10-22(32)9-17)24-6-7-34-29-26(24)38-30(39-29)27-25-12-21(15-35-28(25)41-40-27)20-11-23(16-33-14-20)37-31(42)18-4-2-3-5-18/h6-12,14-16,18,36H,2-5,13H2,1H3,(H,37,42)(H,34,38,39)(H,35,40,41). The van der Waals surface area contributed by atoms with Crippen LogP contribution < -0.4 is 10.0 Å². The monoisotopic (exact) mass is 625 g/mol. The number of nitrogens with one attached hydrogen (secondary N) is 4. The first-order valence-corrected chi connectivity index (χ1v) is 16.3. The molecule has 0 spiro atoms. The molecule has 1 saturated carbocycles. The zero-order valence-corrected chi connectivity index (χ0v) is 24.9. The molecule has 0 radical (unpaired) electrons. The van der Waals surface area contributed by atoms with Crippen LogP contribution in [-0.4, -0.2) is 55.7 Å². The number of pyridine rings is 3. The Morgan fingerprint density at radius 2 is 1.82 bits per heavy atom. The molecule has 1 aromatic carbocycles. The van der Waals surface area contributed by atoms with Crippen LogP contribution >= 0.6 is 0 Å². The number of fused-ring (bicyclic) bond motifs is 2. The van der Waals surface area contributed by atoms with Gasteiger partial charge < -0.3 is 10.3 Å².